The smallest absolute Gasteiger partial charge is 0.257 e. The number of rotatable bonds is 3. The maximum absolute atomic E-state index is 13.4. The molecule has 4 nitrogen and oxygen atoms in total. The molecule has 1 amide bonds. The molecule has 1 aromatic heterocycles. The molecule has 104 valence electrons. The second-order valence-corrected chi connectivity index (χ2v) is 4.72. The number of hydrogen-bond acceptors (Lipinski definition) is 3. The molecule has 0 radical (unpaired) electrons. The van der Waals surface area contributed by atoms with Gasteiger partial charge in [-0.2, -0.15) is 0 Å². The van der Waals surface area contributed by atoms with E-state index in [9.17, 15) is 9.18 Å². The molecular formula is C15H16FN3O. The summed E-state index contributed by atoms with van der Waals surface area (Å²) < 4.78 is 13.4. The number of benzene rings is 1. The second-order valence-electron chi connectivity index (χ2n) is 4.72. The number of carbonyl (C=O) groups excluding carboxylic acids is 1. The van der Waals surface area contributed by atoms with E-state index in [1.54, 1.807) is 31.2 Å². The fourth-order valence-corrected chi connectivity index (χ4v) is 1.66. The Hall–Kier alpha value is -2.43. The third-order valence-electron chi connectivity index (χ3n) is 2.90. The summed E-state index contributed by atoms with van der Waals surface area (Å²) in [5, 5.41) is 2.64. The predicted molar refractivity (Wildman–Crippen MR) is 77.7 cm³/mol. The fraction of sp³-hybridized carbons (Fsp3) is 0.200. The van der Waals surface area contributed by atoms with Gasteiger partial charge in [0.2, 0.25) is 0 Å². The van der Waals surface area contributed by atoms with Gasteiger partial charge in [-0.25, -0.2) is 9.37 Å². The Morgan fingerprint density at radius 2 is 2.00 bits per heavy atom. The zero-order valence-corrected chi connectivity index (χ0v) is 11.6. The van der Waals surface area contributed by atoms with Crippen LogP contribution in [0.2, 0.25) is 0 Å². The van der Waals surface area contributed by atoms with Crippen LogP contribution < -0.4 is 10.2 Å². The molecule has 0 atom stereocenters. The number of halogens is 1. The van der Waals surface area contributed by atoms with Crippen molar-refractivity contribution < 1.29 is 9.18 Å². The minimum absolute atomic E-state index is 0.314. The van der Waals surface area contributed by atoms with Crippen molar-refractivity contribution in [3.63, 3.8) is 0 Å². The number of aryl methyl sites for hydroxylation is 1. The van der Waals surface area contributed by atoms with Gasteiger partial charge in [0.15, 0.2) is 0 Å². The van der Waals surface area contributed by atoms with E-state index in [1.165, 1.54) is 12.3 Å². The first-order valence-electron chi connectivity index (χ1n) is 6.18. The van der Waals surface area contributed by atoms with Gasteiger partial charge in [0.25, 0.3) is 5.91 Å². The van der Waals surface area contributed by atoms with E-state index in [-0.39, 0.29) is 11.7 Å². The van der Waals surface area contributed by atoms with Crippen LogP contribution in [-0.2, 0) is 0 Å². The molecule has 2 aromatic rings. The Labute approximate surface area is 117 Å². The van der Waals surface area contributed by atoms with Crippen molar-refractivity contribution in [2.45, 2.75) is 6.92 Å². The zero-order chi connectivity index (χ0) is 14.7. The van der Waals surface area contributed by atoms with Crippen LogP contribution in [-0.4, -0.2) is 25.0 Å². The molecule has 1 aromatic carbocycles. The van der Waals surface area contributed by atoms with E-state index >= 15 is 0 Å². The lowest BCUT2D eigenvalue weighted by Gasteiger charge is -2.11. The van der Waals surface area contributed by atoms with E-state index in [0.717, 1.165) is 5.82 Å². The SMILES string of the molecule is Cc1ccc(NC(=O)c2ccc(N(C)C)nc2)cc1F. The number of hydrogen-bond donors (Lipinski definition) is 1. The van der Waals surface area contributed by atoms with E-state index in [1.807, 2.05) is 19.0 Å². The molecular weight excluding hydrogens is 257 g/mol. The molecule has 0 aliphatic carbocycles. The van der Waals surface area contributed by atoms with E-state index in [2.05, 4.69) is 10.3 Å². The molecule has 0 aliphatic rings. The number of anilines is 2. The molecule has 0 saturated carbocycles. The van der Waals surface area contributed by atoms with Crippen LogP contribution in [0.5, 0.6) is 0 Å². The van der Waals surface area contributed by atoms with Crippen LogP contribution in [0.4, 0.5) is 15.9 Å². The molecule has 0 aliphatic heterocycles. The van der Waals surface area contributed by atoms with Gasteiger partial charge in [-0.3, -0.25) is 4.79 Å². The van der Waals surface area contributed by atoms with Gasteiger partial charge < -0.3 is 10.2 Å². The number of nitrogens with one attached hydrogen (secondary N) is 1. The Morgan fingerprint density at radius 3 is 2.55 bits per heavy atom. The molecule has 2 rings (SSSR count). The first-order chi connectivity index (χ1) is 9.47. The van der Waals surface area contributed by atoms with Crippen molar-refractivity contribution in [2.24, 2.45) is 0 Å². The second kappa shape index (κ2) is 5.69. The fourth-order valence-electron chi connectivity index (χ4n) is 1.66. The average molecular weight is 273 g/mol. The summed E-state index contributed by atoms with van der Waals surface area (Å²) in [5.41, 5.74) is 1.39. The lowest BCUT2D eigenvalue weighted by Crippen LogP contribution is -2.14. The molecule has 1 heterocycles. The maximum atomic E-state index is 13.4. The number of carbonyl (C=O) groups is 1. The minimum atomic E-state index is -0.344. The topological polar surface area (TPSA) is 45.2 Å². The predicted octanol–water partition coefficient (Wildman–Crippen LogP) is 2.85. The summed E-state index contributed by atoms with van der Waals surface area (Å²) in [5.74, 6) is 0.109. The van der Waals surface area contributed by atoms with Crippen molar-refractivity contribution in [3.05, 3.63) is 53.5 Å². The Bertz CT molecular complexity index is 624. The minimum Gasteiger partial charge on any atom is -0.363 e. The zero-order valence-electron chi connectivity index (χ0n) is 11.6. The first-order valence-corrected chi connectivity index (χ1v) is 6.18. The number of pyridine rings is 1. The van der Waals surface area contributed by atoms with Crippen LogP contribution in [0.3, 0.4) is 0 Å². The Balaban J connectivity index is 2.13. The van der Waals surface area contributed by atoms with Gasteiger partial charge >= 0.3 is 0 Å². The van der Waals surface area contributed by atoms with Gasteiger partial charge in [0.05, 0.1) is 5.56 Å². The van der Waals surface area contributed by atoms with Crippen LogP contribution >= 0.6 is 0 Å². The van der Waals surface area contributed by atoms with Gasteiger partial charge in [0, 0.05) is 26.0 Å². The maximum Gasteiger partial charge on any atom is 0.257 e. The summed E-state index contributed by atoms with van der Waals surface area (Å²) in [4.78, 5) is 18.0. The molecule has 0 saturated heterocycles. The van der Waals surface area contributed by atoms with Crippen molar-refractivity contribution in [1.82, 2.24) is 4.98 Å². The van der Waals surface area contributed by atoms with Crippen molar-refractivity contribution in [3.8, 4) is 0 Å². The summed E-state index contributed by atoms with van der Waals surface area (Å²) in [6.45, 7) is 1.67. The lowest BCUT2D eigenvalue weighted by molar-refractivity contribution is 0.102. The molecule has 0 fully saturated rings. The van der Waals surface area contributed by atoms with Gasteiger partial charge in [-0.15, -0.1) is 0 Å². The van der Waals surface area contributed by atoms with Crippen LogP contribution in [0.25, 0.3) is 0 Å². The molecule has 0 spiro atoms. The van der Waals surface area contributed by atoms with E-state index in [4.69, 9.17) is 0 Å². The lowest BCUT2D eigenvalue weighted by atomic mass is 10.2. The van der Waals surface area contributed by atoms with Crippen LogP contribution in [0, 0.1) is 12.7 Å². The number of amides is 1. The third kappa shape index (κ3) is 3.12. The highest BCUT2D eigenvalue weighted by Gasteiger charge is 2.08. The molecule has 20 heavy (non-hydrogen) atoms. The highest BCUT2D eigenvalue weighted by Crippen LogP contribution is 2.15. The van der Waals surface area contributed by atoms with Crippen molar-refractivity contribution in [1.29, 1.82) is 0 Å². The quantitative estimate of drug-likeness (QED) is 0.935. The Kier molecular flexibility index (Phi) is 3.98. The number of nitrogens with zero attached hydrogens (tertiary/aromatic N) is 2. The summed E-state index contributed by atoms with van der Waals surface area (Å²) in [6, 6.07) is 8.03. The normalized spacial score (nSPS) is 10.2. The third-order valence-corrected chi connectivity index (χ3v) is 2.90. The summed E-state index contributed by atoms with van der Waals surface area (Å²) in [6.07, 6.45) is 1.50. The summed E-state index contributed by atoms with van der Waals surface area (Å²) in [7, 11) is 3.74. The Morgan fingerprint density at radius 1 is 1.25 bits per heavy atom. The molecule has 0 bridgehead atoms. The highest BCUT2D eigenvalue weighted by atomic mass is 19.1. The monoisotopic (exact) mass is 273 g/mol. The number of aromatic nitrogens is 1. The van der Waals surface area contributed by atoms with Gasteiger partial charge in [-0.1, -0.05) is 6.07 Å². The van der Waals surface area contributed by atoms with Crippen molar-refractivity contribution >= 4 is 17.4 Å². The van der Waals surface area contributed by atoms with Crippen LogP contribution in [0.15, 0.2) is 36.5 Å². The molecule has 1 N–H and O–H groups in total. The van der Waals surface area contributed by atoms with Crippen molar-refractivity contribution in [2.75, 3.05) is 24.3 Å². The van der Waals surface area contributed by atoms with Gasteiger partial charge in [-0.05, 0) is 36.8 Å². The van der Waals surface area contributed by atoms with Crippen LogP contribution in [0.1, 0.15) is 15.9 Å². The summed E-state index contributed by atoms with van der Waals surface area (Å²) >= 11 is 0. The van der Waals surface area contributed by atoms with Gasteiger partial charge in [0.1, 0.15) is 11.6 Å². The van der Waals surface area contributed by atoms with E-state index < -0.39 is 0 Å². The largest absolute Gasteiger partial charge is 0.363 e. The highest BCUT2D eigenvalue weighted by molar-refractivity contribution is 6.04. The first kappa shape index (κ1) is 14.0. The molecule has 5 heteroatoms. The standard InChI is InChI=1S/C15H16FN3O/c1-10-4-6-12(8-13(10)16)18-15(20)11-5-7-14(17-9-11)19(2)3/h4-9H,1-3H3,(H,18,20). The average Bonchev–Trinajstić information content (AvgIpc) is 2.43. The molecule has 0 unspecified atom stereocenters. The van der Waals surface area contributed by atoms with E-state index in [0.29, 0.717) is 16.8 Å².